The van der Waals surface area contributed by atoms with Crippen LogP contribution < -0.4 is 10.6 Å². The molecule has 5 nitrogen and oxygen atoms in total. The Morgan fingerprint density at radius 1 is 1.21 bits per heavy atom. The van der Waals surface area contributed by atoms with Crippen molar-refractivity contribution in [2.24, 2.45) is 0 Å². The second-order valence-corrected chi connectivity index (χ2v) is 9.18. The summed E-state index contributed by atoms with van der Waals surface area (Å²) in [5.74, 6) is -1.03. The Balaban J connectivity index is 2.34. The number of carbonyl (C=O) groups is 2. The molecule has 1 heterocycles. The maximum atomic E-state index is 14.0. The van der Waals surface area contributed by atoms with E-state index in [2.05, 4.69) is 45.3 Å². The zero-order chi connectivity index (χ0) is 21.1. The number of anilines is 1. The first-order valence-electron chi connectivity index (χ1n) is 10.1. The molecule has 1 saturated heterocycles. The van der Waals surface area contributed by atoms with Crippen LogP contribution in [0.3, 0.4) is 0 Å². The van der Waals surface area contributed by atoms with Crippen LogP contribution in [-0.2, 0) is 4.79 Å². The van der Waals surface area contributed by atoms with E-state index in [9.17, 15) is 14.0 Å². The Bertz CT molecular complexity index is 714. The number of carbonyl (C=O) groups excluding carboxylic acids is 2. The smallest absolute Gasteiger partial charge is 0.254 e. The van der Waals surface area contributed by atoms with Crippen molar-refractivity contribution in [1.82, 2.24) is 10.2 Å². The van der Waals surface area contributed by atoms with Gasteiger partial charge in [0.2, 0.25) is 5.91 Å². The molecule has 1 fully saturated rings. The Morgan fingerprint density at radius 2 is 1.82 bits per heavy atom. The lowest BCUT2D eigenvalue weighted by Gasteiger charge is -2.49. The molecule has 1 aliphatic rings. The second-order valence-electron chi connectivity index (χ2n) is 9.18. The van der Waals surface area contributed by atoms with Crippen LogP contribution in [0.15, 0.2) is 18.2 Å². The Kier molecular flexibility index (Phi) is 6.86. The quantitative estimate of drug-likeness (QED) is 0.758. The number of halogens is 1. The van der Waals surface area contributed by atoms with Gasteiger partial charge in [0.1, 0.15) is 5.82 Å². The predicted octanol–water partition coefficient (Wildman–Crippen LogP) is 4.34. The van der Waals surface area contributed by atoms with Crippen LogP contribution in [0.5, 0.6) is 0 Å². The van der Waals surface area contributed by atoms with Crippen LogP contribution in [0.25, 0.3) is 0 Å². The Labute approximate surface area is 168 Å². The molecule has 6 heteroatoms. The molecule has 1 aromatic rings. The van der Waals surface area contributed by atoms with Crippen LogP contribution in [-0.4, -0.2) is 40.4 Å². The molecule has 2 rings (SSSR count). The van der Waals surface area contributed by atoms with E-state index in [1.165, 1.54) is 25.1 Å². The summed E-state index contributed by atoms with van der Waals surface area (Å²) in [6.45, 7) is 12.7. The number of piperidine rings is 1. The lowest BCUT2D eigenvalue weighted by Crippen LogP contribution is -2.62. The van der Waals surface area contributed by atoms with E-state index in [0.29, 0.717) is 12.1 Å². The average Bonchev–Trinajstić information content (AvgIpc) is 2.53. The highest BCUT2D eigenvalue weighted by atomic mass is 19.1. The van der Waals surface area contributed by atoms with Crippen LogP contribution >= 0.6 is 0 Å². The van der Waals surface area contributed by atoms with Crippen molar-refractivity contribution in [1.29, 1.82) is 0 Å². The number of nitrogens with one attached hydrogen (secondary N) is 2. The summed E-state index contributed by atoms with van der Waals surface area (Å²) in [5, 5.41) is 6.12. The number of nitrogens with zero attached hydrogens (tertiary/aromatic N) is 1. The van der Waals surface area contributed by atoms with Crippen molar-refractivity contribution in [3.05, 3.63) is 29.6 Å². The van der Waals surface area contributed by atoms with Crippen molar-refractivity contribution < 1.29 is 14.0 Å². The van der Waals surface area contributed by atoms with Crippen molar-refractivity contribution in [3.63, 3.8) is 0 Å². The fourth-order valence-corrected chi connectivity index (χ4v) is 4.38. The van der Waals surface area contributed by atoms with Crippen molar-refractivity contribution in [2.45, 2.75) is 84.3 Å². The fraction of sp³-hybridized carbons (Fsp3) is 0.636. The van der Waals surface area contributed by atoms with Gasteiger partial charge in [-0.1, -0.05) is 13.3 Å². The summed E-state index contributed by atoms with van der Waals surface area (Å²) >= 11 is 0. The van der Waals surface area contributed by atoms with Gasteiger partial charge >= 0.3 is 0 Å². The molecule has 2 N–H and O–H groups in total. The summed E-state index contributed by atoms with van der Waals surface area (Å²) < 4.78 is 14.0. The molecule has 0 atom stereocenters. The molecule has 1 aromatic carbocycles. The molecule has 0 aliphatic carbocycles. The molecule has 0 spiro atoms. The number of amides is 2. The van der Waals surface area contributed by atoms with Crippen LogP contribution in [0, 0.1) is 5.82 Å². The van der Waals surface area contributed by atoms with Gasteiger partial charge in [0.05, 0.1) is 5.69 Å². The molecule has 2 amide bonds. The van der Waals surface area contributed by atoms with E-state index in [-0.39, 0.29) is 34.6 Å². The first-order chi connectivity index (χ1) is 12.9. The minimum absolute atomic E-state index is 0.0414. The van der Waals surface area contributed by atoms with Gasteiger partial charge in [-0.05, 0) is 65.2 Å². The largest absolute Gasteiger partial charge is 0.336 e. The lowest BCUT2D eigenvalue weighted by atomic mass is 9.78. The molecule has 0 unspecified atom stereocenters. The first kappa shape index (κ1) is 22.3. The first-order valence-corrected chi connectivity index (χ1v) is 10.1. The number of hydrogen-bond acceptors (Lipinski definition) is 3. The van der Waals surface area contributed by atoms with Gasteiger partial charge in [-0.15, -0.1) is 0 Å². The van der Waals surface area contributed by atoms with E-state index >= 15 is 0 Å². The normalized spacial score (nSPS) is 18.5. The van der Waals surface area contributed by atoms with Gasteiger partial charge in [0.25, 0.3) is 5.91 Å². The van der Waals surface area contributed by atoms with Crippen molar-refractivity contribution in [3.8, 4) is 0 Å². The van der Waals surface area contributed by atoms with Gasteiger partial charge in [0.15, 0.2) is 0 Å². The zero-order valence-electron chi connectivity index (χ0n) is 18.0. The predicted molar refractivity (Wildman–Crippen MR) is 111 cm³/mol. The van der Waals surface area contributed by atoms with E-state index < -0.39 is 5.82 Å². The van der Waals surface area contributed by atoms with Gasteiger partial charge in [0, 0.05) is 36.2 Å². The van der Waals surface area contributed by atoms with E-state index in [4.69, 9.17) is 0 Å². The summed E-state index contributed by atoms with van der Waals surface area (Å²) in [7, 11) is 0. The monoisotopic (exact) mass is 391 g/mol. The minimum Gasteiger partial charge on any atom is -0.336 e. The Morgan fingerprint density at radius 3 is 2.36 bits per heavy atom. The third-order valence-electron chi connectivity index (χ3n) is 5.15. The highest BCUT2D eigenvalue weighted by molar-refractivity contribution is 5.97. The molecule has 0 bridgehead atoms. The molecule has 0 saturated carbocycles. The average molecular weight is 392 g/mol. The van der Waals surface area contributed by atoms with Crippen molar-refractivity contribution >= 4 is 17.5 Å². The standard InChI is InChI=1S/C22H34FN3O2/c1-7-8-11-26(17-13-21(3,4)25-22(5,6)14-17)20(28)16-9-10-18(23)19(12-16)24-15(2)27/h9-10,12,17,25H,7-8,11,13-14H2,1-6H3,(H,24,27). The number of hydrogen-bond donors (Lipinski definition) is 2. The summed E-state index contributed by atoms with van der Waals surface area (Å²) in [6.07, 6.45) is 3.61. The molecule has 28 heavy (non-hydrogen) atoms. The van der Waals surface area contributed by atoms with Gasteiger partial charge < -0.3 is 15.5 Å². The van der Waals surface area contributed by atoms with E-state index in [0.717, 1.165) is 25.7 Å². The lowest BCUT2D eigenvalue weighted by molar-refractivity contribution is -0.114. The summed E-state index contributed by atoms with van der Waals surface area (Å²) in [6, 6.07) is 4.28. The number of benzene rings is 1. The summed E-state index contributed by atoms with van der Waals surface area (Å²) in [4.78, 5) is 26.7. The molecule has 0 aromatic heterocycles. The minimum atomic E-state index is -0.545. The molecule has 156 valence electrons. The molecular formula is C22H34FN3O2. The zero-order valence-corrected chi connectivity index (χ0v) is 18.0. The molecular weight excluding hydrogens is 357 g/mol. The topological polar surface area (TPSA) is 61.4 Å². The van der Waals surface area contributed by atoms with Gasteiger partial charge in [-0.2, -0.15) is 0 Å². The number of rotatable bonds is 6. The third kappa shape index (κ3) is 5.77. The highest BCUT2D eigenvalue weighted by Crippen LogP contribution is 2.32. The maximum absolute atomic E-state index is 14.0. The summed E-state index contributed by atoms with van der Waals surface area (Å²) in [5.41, 5.74) is 0.276. The van der Waals surface area contributed by atoms with E-state index in [1.54, 1.807) is 0 Å². The highest BCUT2D eigenvalue weighted by Gasteiger charge is 2.41. The molecule has 1 aliphatic heterocycles. The van der Waals surface area contributed by atoms with E-state index in [1.807, 2.05) is 4.90 Å². The third-order valence-corrected chi connectivity index (χ3v) is 5.15. The second kappa shape index (κ2) is 8.60. The van der Waals surface area contributed by atoms with Gasteiger partial charge in [-0.3, -0.25) is 9.59 Å². The van der Waals surface area contributed by atoms with Crippen LogP contribution in [0.1, 0.15) is 77.6 Å². The number of unbranched alkanes of at least 4 members (excludes halogenated alkanes) is 1. The van der Waals surface area contributed by atoms with Crippen LogP contribution in [0.2, 0.25) is 0 Å². The SMILES string of the molecule is CCCCN(C(=O)c1ccc(F)c(NC(C)=O)c1)C1CC(C)(C)NC(C)(C)C1. The fourth-order valence-electron chi connectivity index (χ4n) is 4.38. The van der Waals surface area contributed by atoms with Gasteiger partial charge in [-0.25, -0.2) is 4.39 Å². The maximum Gasteiger partial charge on any atom is 0.254 e. The molecule has 0 radical (unpaired) electrons. The van der Waals surface area contributed by atoms with Crippen molar-refractivity contribution in [2.75, 3.05) is 11.9 Å². The van der Waals surface area contributed by atoms with Crippen LogP contribution in [0.4, 0.5) is 10.1 Å². The Hall–Kier alpha value is -1.95.